The maximum absolute atomic E-state index is 4.28. The third kappa shape index (κ3) is 5.07. The van der Waals surface area contributed by atoms with Gasteiger partial charge in [-0.3, -0.25) is 0 Å². The molecule has 1 heteroatoms. The van der Waals surface area contributed by atoms with Crippen LogP contribution in [-0.2, 0) is 0 Å². The van der Waals surface area contributed by atoms with Crippen molar-refractivity contribution >= 4 is 6.08 Å². The van der Waals surface area contributed by atoms with Crippen LogP contribution in [0, 0.1) is 5.92 Å². The van der Waals surface area contributed by atoms with Gasteiger partial charge in [-0.15, -0.1) is 0 Å². The summed E-state index contributed by atoms with van der Waals surface area (Å²) in [4.78, 5) is 2.15. The van der Waals surface area contributed by atoms with Crippen LogP contribution in [-0.4, -0.2) is 11.9 Å². The summed E-state index contributed by atoms with van der Waals surface area (Å²) in [5.74, 6) is 0.650. The summed E-state index contributed by atoms with van der Waals surface area (Å²) in [6, 6.07) is 10.3. The Labute approximate surface area is 135 Å². The van der Waals surface area contributed by atoms with E-state index in [9.17, 15) is 0 Å². The molecule has 0 atom stereocenters. The van der Waals surface area contributed by atoms with Crippen LogP contribution in [0.2, 0.25) is 0 Å². The number of benzene rings is 1. The predicted octanol–water partition coefficient (Wildman–Crippen LogP) is 5.80. The molecule has 0 saturated heterocycles. The summed E-state index contributed by atoms with van der Waals surface area (Å²) in [5, 5.41) is 0. The molecule has 1 saturated carbocycles. The molecule has 2 rings (SSSR count). The van der Waals surface area contributed by atoms with Crippen molar-refractivity contribution in [1.82, 2.24) is 4.90 Å². The van der Waals surface area contributed by atoms with Gasteiger partial charge >= 0.3 is 0 Å². The highest BCUT2D eigenvalue weighted by atomic mass is 15.1. The van der Waals surface area contributed by atoms with Crippen molar-refractivity contribution in [3.05, 3.63) is 78.7 Å². The van der Waals surface area contributed by atoms with Gasteiger partial charge in [-0.05, 0) is 36.0 Å². The summed E-state index contributed by atoms with van der Waals surface area (Å²) in [5.41, 5.74) is 3.42. The smallest absolute Gasteiger partial charge is 0.0130 e. The molecule has 116 valence electrons. The molecule has 0 spiro atoms. The molecule has 0 bridgehead atoms. The van der Waals surface area contributed by atoms with Crippen LogP contribution in [0.5, 0.6) is 0 Å². The van der Waals surface area contributed by atoms with E-state index in [1.165, 1.54) is 43.4 Å². The number of nitrogens with zero attached hydrogens (tertiary/aromatic N) is 1. The Morgan fingerprint density at radius 2 is 1.73 bits per heavy atom. The summed E-state index contributed by atoms with van der Waals surface area (Å²) in [7, 11) is 2.08. The predicted molar refractivity (Wildman–Crippen MR) is 97.2 cm³/mol. The van der Waals surface area contributed by atoms with Crippen molar-refractivity contribution in [2.75, 3.05) is 7.05 Å². The molecule has 0 N–H and O–H groups in total. The average molecular weight is 293 g/mol. The number of hydrogen-bond acceptors (Lipinski definition) is 1. The Morgan fingerprint density at radius 1 is 1.05 bits per heavy atom. The second-order valence-electron chi connectivity index (χ2n) is 6.07. The lowest BCUT2D eigenvalue weighted by molar-refractivity contribution is 0.347. The molecule has 1 aromatic rings. The van der Waals surface area contributed by atoms with E-state index < -0.39 is 0 Å². The lowest BCUT2D eigenvalue weighted by atomic mass is 9.87. The monoisotopic (exact) mass is 293 g/mol. The molecule has 0 unspecified atom stereocenters. The van der Waals surface area contributed by atoms with Crippen molar-refractivity contribution in [3.8, 4) is 0 Å². The van der Waals surface area contributed by atoms with Gasteiger partial charge in [0.1, 0.15) is 0 Å². The first-order valence-electron chi connectivity index (χ1n) is 8.18. The van der Waals surface area contributed by atoms with E-state index in [-0.39, 0.29) is 0 Å². The fourth-order valence-electron chi connectivity index (χ4n) is 2.85. The zero-order valence-corrected chi connectivity index (χ0v) is 13.7. The van der Waals surface area contributed by atoms with Crippen LogP contribution in [0.3, 0.4) is 0 Å². The lowest BCUT2D eigenvalue weighted by Crippen LogP contribution is -2.19. The molecule has 1 aromatic carbocycles. The van der Waals surface area contributed by atoms with Gasteiger partial charge in [0.15, 0.2) is 0 Å². The summed E-state index contributed by atoms with van der Waals surface area (Å²) < 4.78 is 0. The van der Waals surface area contributed by atoms with Gasteiger partial charge in [0.2, 0.25) is 0 Å². The maximum Gasteiger partial charge on any atom is 0.0130 e. The highest BCUT2D eigenvalue weighted by Gasteiger charge is 2.17. The molecule has 1 aliphatic rings. The van der Waals surface area contributed by atoms with Crippen molar-refractivity contribution in [2.24, 2.45) is 5.92 Å². The normalized spacial score (nSPS) is 16.2. The maximum atomic E-state index is 4.28. The highest BCUT2D eigenvalue weighted by molar-refractivity contribution is 5.53. The first kappa shape index (κ1) is 16.4. The first-order chi connectivity index (χ1) is 10.7. The zero-order chi connectivity index (χ0) is 15.8. The zero-order valence-electron chi connectivity index (χ0n) is 13.7. The number of hydrogen-bond donors (Lipinski definition) is 0. The van der Waals surface area contributed by atoms with Gasteiger partial charge in [0.05, 0.1) is 0 Å². The summed E-state index contributed by atoms with van der Waals surface area (Å²) in [6.45, 7) is 8.36. The molecule has 0 radical (unpaired) electrons. The Bertz CT molecular complexity index is 545. The average Bonchev–Trinajstić information content (AvgIpc) is 2.58. The molecular formula is C21H27N. The SMILES string of the molecule is C=C(/C=C\N(C)C(=C)C1CCCCC1)/C=C/c1ccccc1. The van der Waals surface area contributed by atoms with Gasteiger partial charge < -0.3 is 4.90 Å². The fraction of sp³-hybridized carbons (Fsp3) is 0.333. The first-order valence-corrected chi connectivity index (χ1v) is 8.18. The van der Waals surface area contributed by atoms with E-state index in [1.807, 2.05) is 30.4 Å². The summed E-state index contributed by atoms with van der Waals surface area (Å²) >= 11 is 0. The van der Waals surface area contributed by atoms with Gasteiger partial charge in [-0.1, -0.05) is 74.9 Å². The molecule has 1 nitrogen and oxygen atoms in total. The van der Waals surface area contributed by atoms with Gasteiger partial charge in [-0.2, -0.15) is 0 Å². The van der Waals surface area contributed by atoms with Crippen LogP contribution in [0.4, 0.5) is 0 Å². The number of allylic oxidation sites excluding steroid dienone is 4. The van der Waals surface area contributed by atoms with Crippen LogP contribution in [0.25, 0.3) is 6.08 Å². The fourth-order valence-corrected chi connectivity index (χ4v) is 2.85. The van der Waals surface area contributed by atoms with Crippen LogP contribution in [0.15, 0.2) is 73.1 Å². The highest BCUT2D eigenvalue weighted by Crippen LogP contribution is 2.30. The quantitative estimate of drug-likeness (QED) is 0.599. The van der Waals surface area contributed by atoms with E-state index in [1.54, 1.807) is 0 Å². The summed E-state index contributed by atoms with van der Waals surface area (Å²) in [6.07, 6.45) is 14.9. The van der Waals surface area contributed by atoms with E-state index in [2.05, 4.69) is 49.5 Å². The van der Waals surface area contributed by atoms with Gasteiger partial charge in [0.25, 0.3) is 0 Å². The van der Waals surface area contributed by atoms with E-state index in [4.69, 9.17) is 0 Å². The third-order valence-electron chi connectivity index (χ3n) is 4.33. The molecule has 0 aromatic heterocycles. The second-order valence-corrected chi connectivity index (χ2v) is 6.07. The molecular weight excluding hydrogens is 266 g/mol. The van der Waals surface area contributed by atoms with Crippen molar-refractivity contribution in [3.63, 3.8) is 0 Å². The molecule has 1 aliphatic carbocycles. The van der Waals surface area contributed by atoms with Crippen LogP contribution < -0.4 is 0 Å². The van der Waals surface area contributed by atoms with Gasteiger partial charge in [0, 0.05) is 18.9 Å². The molecule has 1 fully saturated rings. The second kappa shape index (κ2) is 8.43. The third-order valence-corrected chi connectivity index (χ3v) is 4.33. The van der Waals surface area contributed by atoms with Crippen LogP contribution in [0.1, 0.15) is 37.7 Å². The van der Waals surface area contributed by atoms with Gasteiger partial charge in [-0.25, -0.2) is 0 Å². The Kier molecular flexibility index (Phi) is 6.27. The minimum atomic E-state index is 0.650. The minimum Gasteiger partial charge on any atom is -0.355 e. The Hall–Kier alpha value is -2.02. The topological polar surface area (TPSA) is 3.24 Å². The van der Waals surface area contributed by atoms with Crippen molar-refractivity contribution < 1.29 is 0 Å². The molecule has 0 heterocycles. The van der Waals surface area contributed by atoms with Crippen molar-refractivity contribution in [2.45, 2.75) is 32.1 Å². The minimum absolute atomic E-state index is 0.650. The molecule has 22 heavy (non-hydrogen) atoms. The molecule has 0 aliphatic heterocycles. The van der Waals surface area contributed by atoms with Crippen molar-refractivity contribution in [1.29, 1.82) is 0 Å². The van der Waals surface area contributed by atoms with E-state index >= 15 is 0 Å². The lowest BCUT2D eigenvalue weighted by Gasteiger charge is -2.28. The van der Waals surface area contributed by atoms with E-state index in [0.29, 0.717) is 5.92 Å². The largest absolute Gasteiger partial charge is 0.355 e. The van der Waals surface area contributed by atoms with E-state index in [0.717, 1.165) is 5.57 Å². The molecule has 0 amide bonds. The van der Waals surface area contributed by atoms with Crippen LogP contribution >= 0.6 is 0 Å². The Balaban J connectivity index is 1.86. The Morgan fingerprint density at radius 3 is 2.41 bits per heavy atom. The standard InChI is InChI=1S/C21H27N/c1-18(14-15-20-10-6-4-7-11-20)16-17-22(3)19(2)21-12-8-5-9-13-21/h4,6-7,10-11,14-17,21H,1-2,5,8-9,12-13H2,3H3/b15-14+,17-16-. The number of rotatable bonds is 6.